The predicted octanol–water partition coefficient (Wildman–Crippen LogP) is 2.45. The molecule has 0 radical (unpaired) electrons. The maximum Gasteiger partial charge on any atom is 0.0861 e. The number of hydrogen-bond acceptors (Lipinski definition) is 2. The standard InChI is InChI=1S/C11H24O2/c1-6-9(5)11(13-7-2)10(12)8(3)4/h8-12H,6-7H2,1-5H3/t9-,10-,11?/m1/s1. The van der Waals surface area contributed by atoms with E-state index in [1.807, 2.05) is 20.8 Å². The largest absolute Gasteiger partial charge is 0.390 e. The molecule has 1 unspecified atom stereocenters. The molecule has 0 heterocycles. The highest BCUT2D eigenvalue weighted by Gasteiger charge is 2.26. The molecule has 0 aromatic heterocycles. The fraction of sp³-hybridized carbons (Fsp3) is 1.00. The normalized spacial score (nSPS) is 18.7. The number of hydrogen-bond donors (Lipinski definition) is 1. The van der Waals surface area contributed by atoms with Crippen LogP contribution in [0.4, 0.5) is 0 Å². The van der Waals surface area contributed by atoms with E-state index in [9.17, 15) is 5.11 Å². The topological polar surface area (TPSA) is 29.5 Å². The summed E-state index contributed by atoms with van der Waals surface area (Å²) in [6.07, 6.45) is 0.707. The van der Waals surface area contributed by atoms with Gasteiger partial charge in [-0.05, 0) is 18.8 Å². The molecule has 0 amide bonds. The summed E-state index contributed by atoms with van der Waals surface area (Å²) < 4.78 is 5.57. The molecule has 0 aromatic rings. The smallest absolute Gasteiger partial charge is 0.0861 e. The van der Waals surface area contributed by atoms with Crippen LogP contribution in [0.1, 0.15) is 41.0 Å². The number of rotatable bonds is 6. The summed E-state index contributed by atoms with van der Waals surface area (Å²) in [4.78, 5) is 0. The van der Waals surface area contributed by atoms with Crippen LogP contribution in [0.3, 0.4) is 0 Å². The minimum Gasteiger partial charge on any atom is -0.390 e. The third-order valence-electron chi connectivity index (χ3n) is 2.58. The van der Waals surface area contributed by atoms with Crippen molar-refractivity contribution in [3.8, 4) is 0 Å². The molecule has 0 spiro atoms. The summed E-state index contributed by atoms with van der Waals surface area (Å²) in [6.45, 7) is 11.0. The van der Waals surface area contributed by atoms with Crippen molar-refractivity contribution in [1.29, 1.82) is 0 Å². The summed E-state index contributed by atoms with van der Waals surface area (Å²) in [5.74, 6) is 0.697. The van der Waals surface area contributed by atoms with Crippen LogP contribution in [0.5, 0.6) is 0 Å². The van der Waals surface area contributed by atoms with Crippen molar-refractivity contribution in [3.63, 3.8) is 0 Å². The number of aliphatic hydroxyl groups excluding tert-OH is 1. The van der Waals surface area contributed by atoms with Gasteiger partial charge in [0.1, 0.15) is 0 Å². The van der Waals surface area contributed by atoms with Crippen LogP contribution in [0.25, 0.3) is 0 Å². The Hall–Kier alpha value is -0.0800. The van der Waals surface area contributed by atoms with Crippen LogP contribution in [0.15, 0.2) is 0 Å². The maximum atomic E-state index is 9.89. The molecule has 2 heteroatoms. The van der Waals surface area contributed by atoms with Gasteiger partial charge in [0.05, 0.1) is 12.2 Å². The lowest BCUT2D eigenvalue weighted by Crippen LogP contribution is -2.38. The second kappa shape index (κ2) is 6.39. The Morgan fingerprint density at radius 2 is 1.69 bits per heavy atom. The van der Waals surface area contributed by atoms with Crippen molar-refractivity contribution in [1.82, 2.24) is 0 Å². The average molecular weight is 188 g/mol. The monoisotopic (exact) mass is 188 g/mol. The van der Waals surface area contributed by atoms with E-state index in [0.29, 0.717) is 12.5 Å². The lowest BCUT2D eigenvalue weighted by molar-refractivity contribution is -0.0783. The van der Waals surface area contributed by atoms with Gasteiger partial charge in [-0.25, -0.2) is 0 Å². The Labute approximate surface area is 82.3 Å². The minimum atomic E-state index is -0.338. The Kier molecular flexibility index (Phi) is 6.35. The quantitative estimate of drug-likeness (QED) is 0.694. The highest BCUT2D eigenvalue weighted by atomic mass is 16.5. The van der Waals surface area contributed by atoms with Gasteiger partial charge in [0.2, 0.25) is 0 Å². The van der Waals surface area contributed by atoms with E-state index in [-0.39, 0.29) is 18.1 Å². The first-order chi connectivity index (χ1) is 6.04. The SMILES string of the molecule is CCOC([C@H](O)C(C)C)[C@H](C)CC. The van der Waals surface area contributed by atoms with E-state index >= 15 is 0 Å². The number of aliphatic hydroxyl groups is 1. The lowest BCUT2D eigenvalue weighted by Gasteiger charge is -2.30. The van der Waals surface area contributed by atoms with Gasteiger partial charge < -0.3 is 9.84 Å². The Bertz CT molecular complexity index is 123. The van der Waals surface area contributed by atoms with E-state index in [4.69, 9.17) is 4.74 Å². The second-order valence-corrected chi connectivity index (χ2v) is 4.04. The van der Waals surface area contributed by atoms with Crippen LogP contribution in [-0.4, -0.2) is 23.9 Å². The van der Waals surface area contributed by atoms with Crippen molar-refractivity contribution < 1.29 is 9.84 Å². The zero-order valence-electron chi connectivity index (χ0n) is 9.58. The Morgan fingerprint density at radius 1 is 1.15 bits per heavy atom. The molecule has 0 aliphatic heterocycles. The lowest BCUT2D eigenvalue weighted by atomic mass is 9.91. The summed E-state index contributed by atoms with van der Waals surface area (Å²) in [7, 11) is 0. The van der Waals surface area contributed by atoms with E-state index < -0.39 is 0 Å². The third-order valence-corrected chi connectivity index (χ3v) is 2.58. The van der Waals surface area contributed by atoms with E-state index in [1.54, 1.807) is 0 Å². The second-order valence-electron chi connectivity index (χ2n) is 4.04. The van der Waals surface area contributed by atoms with Crippen LogP contribution < -0.4 is 0 Å². The van der Waals surface area contributed by atoms with Gasteiger partial charge in [0, 0.05) is 6.61 Å². The average Bonchev–Trinajstić information content (AvgIpc) is 2.11. The highest BCUT2D eigenvalue weighted by molar-refractivity contribution is 4.76. The number of ether oxygens (including phenoxy) is 1. The van der Waals surface area contributed by atoms with Gasteiger partial charge in [0.15, 0.2) is 0 Å². The van der Waals surface area contributed by atoms with Gasteiger partial charge in [-0.2, -0.15) is 0 Å². The van der Waals surface area contributed by atoms with E-state index in [2.05, 4.69) is 13.8 Å². The molecule has 3 atom stereocenters. The van der Waals surface area contributed by atoms with Gasteiger partial charge in [-0.3, -0.25) is 0 Å². The maximum absolute atomic E-state index is 9.89. The fourth-order valence-electron chi connectivity index (χ4n) is 1.40. The minimum absolute atomic E-state index is 0.00463. The molecule has 0 aliphatic carbocycles. The molecule has 0 aliphatic rings. The molecular weight excluding hydrogens is 164 g/mol. The third kappa shape index (κ3) is 4.10. The van der Waals surface area contributed by atoms with Crippen molar-refractivity contribution in [3.05, 3.63) is 0 Å². The Balaban J connectivity index is 4.22. The Morgan fingerprint density at radius 3 is 2.00 bits per heavy atom. The van der Waals surface area contributed by atoms with Crippen molar-refractivity contribution >= 4 is 0 Å². The van der Waals surface area contributed by atoms with E-state index in [1.165, 1.54) is 0 Å². The fourth-order valence-corrected chi connectivity index (χ4v) is 1.40. The molecule has 0 rings (SSSR count). The van der Waals surface area contributed by atoms with Crippen molar-refractivity contribution in [2.45, 2.75) is 53.2 Å². The van der Waals surface area contributed by atoms with Crippen molar-refractivity contribution in [2.24, 2.45) is 11.8 Å². The first kappa shape index (κ1) is 12.9. The first-order valence-corrected chi connectivity index (χ1v) is 5.34. The molecule has 0 aromatic carbocycles. The van der Waals surface area contributed by atoms with E-state index in [0.717, 1.165) is 6.42 Å². The highest BCUT2D eigenvalue weighted by Crippen LogP contribution is 2.19. The van der Waals surface area contributed by atoms with Gasteiger partial charge >= 0.3 is 0 Å². The van der Waals surface area contributed by atoms with Gasteiger partial charge in [-0.15, -0.1) is 0 Å². The first-order valence-electron chi connectivity index (χ1n) is 5.34. The zero-order valence-corrected chi connectivity index (χ0v) is 9.58. The van der Waals surface area contributed by atoms with Crippen LogP contribution in [-0.2, 0) is 4.74 Å². The van der Waals surface area contributed by atoms with Crippen molar-refractivity contribution in [2.75, 3.05) is 6.61 Å². The summed E-state index contributed by atoms with van der Waals surface area (Å²) in [6, 6.07) is 0. The van der Waals surface area contributed by atoms with Crippen LogP contribution in [0.2, 0.25) is 0 Å². The molecular formula is C11H24O2. The predicted molar refractivity (Wildman–Crippen MR) is 55.7 cm³/mol. The molecule has 0 fully saturated rings. The molecule has 0 saturated heterocycles. The van der Waals surface area contributed by atoms with Gasteiger partial charge in [0.25, 0.3) is 0 Å². The van der Waals surface area contributed by atoms with Gasteiger partial charge in [-0.1, -0.05) is 34.1 Å². The zero-order chi connectivity index (χ0) is 10.4. The summed E-state index contributed by atoms with van der Waals surface area (Å²) in [5.41, 5.74) is 0. The molecule has 0 bridgehead atoms. The molecule has 2 nitrogen and oxygen atoms in total. The summed E-state index contributed by atoms with van der Waals surface area (Å²) in [5, 5.41) is 9.89. The molecule has 0 saturated carbocycles. The summed E-state index contributed by atoms with van der Waals surface area (Å²) >= 11 is 0. The van der Waals surface area contributed by atoms with Crippen LogP contribution >= 0.6 is 0 Å². The van der Waals surface area contributed by atoms with Crippen LogP contribution in [0, 0.1) is 11.8 Å². The molecule has 80 valence electrons. The molecule has 13 heavy (non-hydrogen) atoms. The molecule has 1 N–H and O–H groups in total.